The lowest BCUT2D eigenvalue weighted by Crippen LogP contribution is -2.48. The van der Waals surface area contributed by atoms with Crippen LogP contribution in [0.5, 0.6) is 5.75 Å². The van der Waals surface area contributed by atoms with Gasteiger partial charge in [0.25, 0.3) is 5.91 Å². The first kappa shape index (κ1) is 37.7. The SMILES string of the molecule is C[C@@H]1CCCCO[C@H](CN(C)S(=O)(=O)c2ccc(F)cc2)[C@@H](C)CN([C@@H](C)CO)C(=O)c2cc(NC(=O)Nc3ccc(F)cc3)ccc2O1. The first-order chi connectivity index (χ1) is 23.3. The molecule has 3 aromatic rings. The van der Waals surface area contributed by atoms with Gasteiger partial charge in [0.15, 0.2) is 0 Å². The Morgan fingerprint density at radius 1 is 1.00 bits per heavy atom. The second-order valence-corrected chi connectivity index (χ2v) is 14.4. The first-order valence-electron chi connectivity index (χ1n) is 16.2. The van der Waals surface area contributed by atoms with Crippen molar-refractivity contribution in [3.63, 3.8) is 0 Å². The molecule has 0 saturated heterocycles. The molecule has 1 aliphatic heterocycles. The van der Waals surface area contributed by atoms with E-state index in [2.05, 4.69) is 10.6 Å². The molecule has 3 N–H and O–H groups in total. The Hall–Kier alpha value is -4.11. The molecular formula is C35H44F2N4O7S. The van der Waals surface area contributed by atoms with Crippen LogP contribution in [0.25, 0.3) is 0 Å². The summed E-state index contributed by atoms with van der Waals surface area (Å²) in [6.07, 6.45) is 1.15. The smallest absolute Gasteiger partial charge is 0.323 e. The van der Waals surface area contributed by atoms with E-state index in [1.807, 2.05) is 13.8 Å². The van der Waals surface area contributed by atoms with Crippen LogP contribution in [0.2, 0.25) is 0 Å². The van der Waals surface area contributed by atoms with Crippen molar-refractivity contribution in [3.05, 3.63) is 83.9 Å². The number of halogens is 2. The Kier molecular flexibility index (Phi) is 13.1. The lowest BCUT2D eigenvalue weighted by atomic mass is 10.0. The standard InChI is InChI=1S/C35H44F2N4O7S/c1-23-20-41(24(2)22-42)34(43)31-19-29(39-35(44)38-28-12-8-26(36)9-13-28)14-17-32(31)48-25(3)7-5-6-18-47-33(23)21-40(4)49(45,46)30-15-10-27(37)11-16-30/h8-17,19,23-25,33,42H,5-7,18,20-22H2,1-4H3,(H2,38,39,44)/t23-,24-,25+,33+/m0/s1. The van der Waals surface area contributed by atoms with Crippen LogP contribution in [0.4, 0.5) is 25.0 Å². The summed E-state index contributed by atoms with van der Waals surface area (Å²) in [6.45, 7) is 5.47. The number of aliphatic hydroxyl groups excluding tert-OH is 1. The summed E-state index contributed by atoms with van der Waals surface area (Å²) in [5.41, 5.74) is 0.822. The van der Waals surface area contributed by atoms with Crippen LogP contribution in [0, 0.1) is 17.6 Å². The number of sulfonamides is 1. The number of fused-ring (bicyclic) bond motifs is 1. The quantitative estimate of drug-likeness (QED) is 0.273. The fourth-order valence-corrected chi connectivity index (χ4v) is 6.61. The number of nitrogens with zero attached hydrogens (tertiary/aromatic N) is 2. The molecule has 4 rings (SSSR count). The lowest BCUT2D eigenvalue weighted by Gasteiger charge is -2.35. The minimum absolute atomic E-state index is 0.0379. The average Bonchev–Trinajstić information content (AvgIpc) is 3.07. The van der Waals surface area contributed by atoms with E-state index in [9.17, 15) is 31.9 Å². The Morgan fingerprint density at radius 3 is 2.27 bits per heavy atom. The summed E-state index contributed by atoms with van der Waals surface area (Å²) < 4.78 is 67.1. The molecule has 3 aromatic carbocycles. The number of hydrogen-bond donors (Lipinski definition) is 3. The van der Waals surface area contributed by atoms with Gasteiger partial charge in [-0.15, -0.1) is 0 Å². The summed E-state index contributed by atoms with van der Waals surface area (Å²) in [4.78, 5) is 28.5. The van der Waals surface area contributed by atoms with Crippen molar-refractivity contribution >= 4 is 33.3 Å². The second kappa shape index (κ2) is 17.0. The summed E-state index contributed by atoms with van der Waals surface area (Å²) >= 11 is 0. The number of rotatable bonds is 8. The van der Waals surface area contributed by atoms with Crippen molar-refractivity contribution in [1.82, 2.24) is 9.21 Å². The molecule has 11 nitrogen and oxygen atoms in total. The van der Waals surface area contributed by atoms with Crippen molar-refractivity contribution in [3.8, 4) is 5.75 Å². The lowest BCUT2D eigenvalue weighted by molar-refractivity contribution is -0.00834. The number of aliphatic hydroxyl groups is 1. The Morgan fingerprint density at radius 2 is 1.61 bits per heavy atom. The van der Waals surface area contributed by atoms with Gasteiger partial charge < -0.3 is 30.1 Å². The third-order valence-electron chi connectivity index (χ3n) is 8.37. The Labute approximate surface area is 286 Å². The van der Waals surface area contributed by atoms with E-state index >= 15 is 0 Å². The monoisotopic (exact) mass is 702 g/mol. The van der Waals surface area contributed by atoms with Gasteiger partial charge in [0.05, 0.1) is 35.3 Å². The maximum absolute atomic E-state index is 14.3. The van der Waals surface area contributed by atoms with Gasteiger partial charge in [0, 0.05) is 44.0 Å². The number of anilines is 2. The van der Waals surface area contributed by atoms with Gasteiger partial charge in [-0.2, -0.15) is 4.31 Å². The van der Waals surface area contributed by atoms with Crippen LogP contribution in [-0.2, 0) is 14.8 Å². The van der Waals surface area contributed by atoms with Gasteiger partial charge in [-0.3, -0.25) is 4.79 Å². The second-order valence-electron chi connectivity index (χ2n) is 12.3. The van der Waals surface area contributed by atoms with Gasteiger partial charge in [0.2, 0.25) is 10.0 Å². The fraction of sp³-hybridized carbons (Fsp3) is 0.429. The van der Waals surface area contributed by atoms with Gasteiger partial charge >= 0.3 is 6.03 Å². The van der Waals surface area contributed by atoms with Crippen molar-refractivity contribution in [2.75, 3.05) is 44.0 Å². The summed E-state index contributed by atoms with van der Waals surface area (Å²) in [7, 11) is -2.55. The molecule has 49 heavy (non-hydrogen) atoms. The van der Waals surface area contributed by atoms with E-state index in [0.29, 0.717) is 36.6 Å². The zero-order valence-electron chi connectivity index (χ0n) is 28.1. The molecule has 0 radical (unpaired) electrons. The molecule has 4 atom stereocenters. The molecule has 0 aromatic heterocycles. The average molecular weight is 703 g/mol. The van der Waals surface area contributed by atoms with E-state index in [-0.39, 0.29) is 36.3 Å². The third-order valence-corrected chi connectivity index (χ3v) is 10.2. The molecule has 0 saturated carbocycles. The highest BCUT2D eigenvalue weighted by atomic mass is 32.2. The number of nitrogens with one attached hydrogen (secondary N) is 2. The number of carbonyl (C=O) groups is 2. The number of hydrogen-bond acceptors (Lipinski definition) is 7. The van der Waals surface area contributed by atoms with E-state index in [0.717, 1.165) is 22.9 Å². The third kappa shape index (κ3) is 10.2. The molecule has 0 fully saturated rings. The van der Waals surface area contributed by atoms with E-state index in [1.165, 1.54) is 54.4 Å². The zero-order chi connectivity index (χ0) is 35.7. The van der Waals surface area contributed by atoms with Crippen molar-refractivity contribution < 1.29 is 41.4 Å². The van der Waals surface area contributed by atoms with Crippen LogP contribution >= 0.6 is 0 Å². The van der Waals surface area contributed by atoms with Gasteiger partial charge in [-0.05, 0) is 99.8 Å². The number of urea groups is 1. The van der Waals surface area contributed by atoms with Gasteiger partial charge in [0.1, 0.15) is 17.4 Å². The van der Waals surface area contributed by atoms with Crippen molar-refractivity contribution in [2.45, 2.75) is 63.2 Å². The Bertz CT molecular complexity index is 1680. The zero-order valence-corrected chi connectivity index (χ0v) is 28.9. The maximum Gasteiger partial charge on any atom is 0.323 e. The topological polar surface area (TPSA) is 138 Å². The number of benzene rings is 3. The number of amides is 3. The van der Waals surface area contributed by atoms with Crippen LogP contribution in [0.15, 0.2) is 71.6 Å². The number of ether oxygens (including phenoxy) is 2. The maximum atomic E-state index is 14.3. The molecule has 14 heteroatoms. The molecule has 1 aliphatic rings. The Balaban J connectivity index is 1.62. The minimum atomic E-state index is -3.98. The van der Waals surface area contributed by atoms with Crippen LogP contribution in [-0.4, -0.2) is 86.3 Å². The van der Waals surface area contributed by atoms with Crippen molar-refractivity contribution in [1.29, 1.82) is 0 Å². The van der Waals surface area contributed by atoms with Crippen molar-refractivity contribution in [2.24, 2.45) is 5.92 Å². The van der Waals surface area contributed by atoms with Crippen LogP contribution in [0.3, 0.4) is 0 Å². The fourth-order valence-electron chi connectivity index (χ4n) is 5.43. The van der Waals surface area contributed by atoms with E-state index in [1.54, 1.807) is 19.1 Å². The molecule has 266 valence electrons. The molecule has 0 bridgehead atoms. The summed E-state index contributed by atoms with van der Waals surface area (Å²) in [6, 6.07) is 13.3. The largest absolute Gasteiger partial charge is 0.490 e. The minimum Gasteiger partial charge on any atom is -0.490 e. The normalized spacial score (nSPS) is 20.1. The first-order valence-corrected chi connectivity index (χ1v) is 17.6. The molecule has 0 aliphatic carbocycles. The summed E-state index contributed by atoms with van der Waals surface area (Å²) in [5.74, 6) is -1.57. The van der Waals surface area contributed by atoms with Gasteiger partial charge in [-0.25, -0.2) is 22.0 Å². The number of carbonyl (C=O) groups excluding carboxylic acids is 2. The highest BCUT2D eigenvalue weighted by Gasteiger charge is 2.32. The summed E-state index contributed by atoms with van der Waals surface area (Å²) in [5, 5.41) is 15.5. The molecule has 1 heterocycles. The predicted octanol–water partition coefficient (Wildman–Crippen LogP) is 5.73. The van der Waals surface area contributed by atoms with Crippen LogP contribution in [0.1, 0.15) is 50.4 Å². The molecule has 0 unspecified atom stereocenters. The highest BCUT2D eigenvalue weighted by Crippen LogP contribution is 2.29. The molecule has 0 spiro atoms. The highest BCUT2D eigenvalue weighted by molar-refractivity contribution is 7.89. The van der Waals surface area contributed by atoms with Crippen LogP contribution < -0.4 is 15.4 Å². The van der Waals surface area contributed by atoms with Gasteiger partial charge in [-0.1, -0.05) is 6.92 Å². The van der Waals surface area contributed by atoms with E-state index < -0.39 is 51.7 Å². The molecular weight excluding hydrogens is 658 g/mol. The number of likely N-dealkylation sites (N-methyl/N-ethyl adjacent to an activating group) is 1. The predicted molar refractivity (Wildman–Crippen MR) is 182 cm³/mol. The van der Waals surface area contributed by atoms with E-state index in [4.69, 9.17) is 9.47 Å². The molecule has 3 amide bonds.